The summed E-state index contributed by atoms with van der Waals surface area (Å²) in [6.45, 7) is 7.75. The van der Waals surface area contributed by atoms with Gasteiger partial charge in [-0.05, 0) is 44.0 Å². The molecule has 0 atom stereocenters. The average Bonchev–Trinajstić information content (AvgIpc) is 3.36. The van der Waals surface area contributed by atoms with E-state index in [0.29, 0.717) is 33.7 Å². The number of esters is 1. The summed E-state index contributed by atoms with van der Waals surface area (Å²) in [6, 6.07) is 6.69. The quantitative estimate of drug-likeness (QED) is 0.450. The molecule has 0 fully saturated rings. The molecule has 8 nitrogen and oxygen atoms in total. The third-order valence-electron chi connectivity index (χ3n) is 4.92. The Kier molecular flexibility index (Phi) is 5.15. The van der Waals surface area contributed by atoms with Crippen molar-refractivity contribution in [1.29, 1.82) is 0 Å². The van der Waals surface area contributed by atoms with Crippen LogP contribution in [0.1, 0.15) is 66.1 Å². The van der Waals surface area contributed by atoms with Crippen molar-refractivity contribution in [3.05, 3.63) is 47.3 Å². The molecule has 30 heavy (non-hydrogen) atoms. The van der Waals surface area contributed by atoms with Gasteiger partial charge in [0.2, 0.25) is 6.79 Å². The Morgan fingerprint density at radius 3 is 2.63 bits per heavy atom. The zero-order valence-electron chi connectivity index (χ0n) is 17.3. The van der Waals surface area contributed by atoms with Crippen molar-refractivity contribution >= 4 is 22.8 Å². The van der Waals surface area contributed by atoms with Crippen molar-refractivity contribution < 1.29 is 23.8 Å². The van der Waals surface area contributed by atoms with E-state index < -0.39 is 5.97 Å². The molecular formula is C22H23N3O5. The molecular weight excluding hydrogens is 386 g/mol. The summed E-state index contributed by atoms with van der Waals surface area (Å²) in [7, 11) is 0. The number of ether oxygens (including phenoxy) is 3. The van der Waals surface area contributed by atoms with Gasteiger partial charge < -0.3 is 14.2 Å². The first-order chi connectivity index (χ1) is 14.3. The molecule has 1 aliphatic rings. The van der Waals surface area contributed by atoms with Gasteiger partial charge in [0.25, 0.3) is 0 Å². The Hall–Kier alpha value is -3.42. The van der Waals surface area contributed by atoms with Crippen LogP contribution in [0.2, 0.25) is 0 Å². The molecule has 0 saturated carbocycles. The number of pyridine rings is 1. The predicted molar refractivity (Wildman–Crippen MR) is 109 cm³/mol. The van der Waals surface area contributed by atoms with Crippen molar-refractivity contribution in [1.82, 2.24) is 14.8 Å². The monoisotopic (exact) mass is 409 g/mol. The first-order valence-electron chi connectivity index (χ1n) is 9.83. The summed E-state index contributed by atoms with van der Waals surface area (Å²) in [5.41, 5.74) is 2.14. The molecule has 0 unspecified atom stereocenters. The van der Waals surface area contributed by atoms with E-state index in [1.807, 2.05) is 27.7 Å². The van der Waals surface area contributed by atoms with Crippen molar-refractivity contribution in [2.45, 2.75) is 39.7 Å². The first kappa shape index (κ1) is 19.9. The normalized spacial score (nSPS) is 12.7. The van der Waals surface area contributed by atoms with Gasteiger partial charge in [-0.2, -0.15) is 5.10 Å². The Bertz CT molecular complexity index is 1130. The van der Waals surface area contributed by atoms with Crippen molar-refractivity contribution in [3.8, 4) is 11.5 Å². The minimum absolute atomic E-state index is 0.0915. The van der Waals surface area contributed by atoms with E-state index in [9.17, 15) is 9.59 Å². The standard InChI is InChI=1S/C22H23N3O5/c1-12(2)17-8-15(16-9-23-25(13(3)4)21(16)24-17)22(27)28-10-18(26)14-5-6-19-20(7-14)30-11-29-19/h5-9,12-13H,10-11H2,1-4H3. The van der Waals surface area contributed by atoms with E-state index in [1.165, 1.54) is 0 Å². The number of carbonyl (C=O) groups excluding carboxylic acids is 2. The number of hydrogen-bond acceptors (Lipinski definition) is 7. The first-order valence-corrected chi connectivity index (χ1v) is 9.83. The highest BCUT2D eigenvalue weighted by molar-refractivity contribution is 6.04. The number of ketones is 1. The molecule has 1 aromatic carbocycles. The zero-order valence-corrected chi connectivity index (χ0v) is 17.3. The fourth-order valence-electron chi connectivity index (χ4n) is 3.24. The maximum absolute atomic E-state index is 12.9. The number of rotatable bonds is 6. The number of nitrogens with zero attached hydrogens (tertiary/aromatic N) is 3. The molecule has 0 radical (unpaired) electrons. The fourth-order valence-corrected chi connectivity index (χ4v) is 3.24. The van der Waals surface area contributed by atoms with Crippen LogP contribution in [0.4, 0.5) is 0 Å². The number of Topliss-reactive ketones (excluding diaryl/α,β-unsaturated/α-hetero) is 1. The van der Waals surface area contributed by atoms with E-state index in [4.69, 9.17) is 14.2 Å². The molecule has 0 amide bonds. The van der Waals surface area contributed by atoms with Gasteiger partial charge in [-0.15, -0.1) is 0 Å². The molecule has 0 spiro atoms. The zero-order chi connectivity index (χ0) is 21.4. The fraction of sp³-hybridized carbons (Fsp3) is 0.364. The second kappa shape index (κ2) is 7.78. The molecule has 4 rings (SSSR count). The summed E-state index contributed by atoms with van der Waals surface area (Å²) in [6.07, 6.45) is 1.61. The van der Waals surface area contributed by atoms with E-state index >= 15 is 0 Å². The largest absolute Gasteiger partial charge is 0.454 e. The topological polar surface area (TPSA) is 92.5 Å². The third kappa shape index (κ3) is 3.60. The number of aromatic nitrogens is 3. The van der Waals surface area contributed by atoms with E-state index in [2.05, 4.69) is 10.1 Å². The maximum atomic E-state index is 12.9. The lowest BCUT2D eigenvalue weighted by Gasteiger charge is -2.12. The number of fused-ring (bicyclic) bond motifs is 2. The highest BCUT2D eigenvalue weighted by atomic mass is 16.7. The predicted octanol–water partition coefficient (Wildman–Crippen LogP) is 3.90. The molecule has 3 heterocycles. The van der Waals surface area contributed by atoms with Crippen LogP contribution in [-0.4, -0.2) is 39.9 Å². The lowest BCUT2D eigenvalue weighted by atomic mass is 10.1. The average molecular weight is 409 g/mol. The summed E-state index contributed by atoms with van der Waals surface area (Å²) in [5.74, 6) is 0.305. The second-order valence-corrected chi connectivity index (χ2v) is 7.74. The van der Waals surface area contributed by atoms with Crippen molar-refractivity contribution in [2.75, 3.05) is 13.4 Å². The van der Waals surface area contributed by atoms with Gasteiger partial charge in [0.05, 0.1) is 17.1 Å². The van der Waals surface area contributed by atoms with Gasteiger partial charge in [-0.25, -0.2) is 14.5 Å². The molecule has 0 saturated heterocycles. The summed E-state index contributed by atoms with van der Waals surface area (Å²) in [5, 5.41) is 4.97. The maximum Gasteiger partial charge on any atom is 0.339 e. The lowest BCUT2D eigenvalue weighted by molar-refractivity contribution is 0.0476. The van der Waals surface area contributed by atoms with Gasteiger partial charge >= 0.3 is 5.97 Å². The van der Waals surface area contributed by atoms with Crippen LogP contribution in [0.5, 0.6) is 11.5 Å². The van der Waals surface area contributed by atoms with Gasteiger partial charge in [-0.3, -0.25) is 4.79 Å². The van der Waals surface area contributed by atoms with Gasteiger partial charge in [0.15, 0.2) is 29.5 Å². The Morgan fingerprint density at radius 1 is 1.13 bits per heavy atom. The number of hydrogen-bond donors (Lipinski definition) is 0. The molecule has 3 aromatic rings. The van der Waals surface area contributed by atoms with E-state index in [0.717, 1.165) is 5.69 Å². The molecule has 0 aliphatic carbocycles. The van der Waals surface area contributed by atoms with Crippen LogP contribution >= 0.6 is 0 Å². The molecule has 8 heteroatoms. The van der Waals surface area contributed by atoms with Gasteiger partial charge in [-0.1, -0.05) is 13.8 Å². The highest BCUT2D eigenvalue weighted by Crippen LogP contribution is 2.32. The Labute approximate surface area is 173 Å². The van der Waals surface area contributed by atoms with Crippen molar-refractivity contribution in [2.24, 2.45) is 0 Å². The van der Waals surface area contributed by atoms with Crippen LogP contribution in [0.25, 0.3) is 11.0 Å². The third-order valence-corrected chi connectivity index (χ3v) is 4.92. The van der Waals surface area contributed by atoms with Gasteiger partial charge in [0, 0.05) is 17.3 Å². The number of benzene rings is 1. The Morgan fingerprint density at radius 2 is 1.90 bits per heavy atom. The minimum atomic E-state index is -0.582. The van der Waals surface area contributed by atoms with Crippen LogP contribution in [0.3, 0.4) is 0 Å². The van der Waals surface area contributed by atoms with E-state index in [-0.39, 0.29) is 31.1 Å². The molecule has 0 bridgehead atoms. The molecule has 2 aromatic heterocycles. The Balaban J connectivity index is 1.57. The lowest BCUT2D eigenvalue weighted by Crippen LogP contribution is -2.15. The van der Waals surface area contributed by atoms with Crippen molar-refractivity contribution in [3.63, 3.8) is 0 Å². The summed E-state index contributed by atoms with van der Waals surface area (Å²) >= 11 is 0. The van der Waals surface area contributed by atoms with Crippen LogP contribution in [0, 0.1) is 0 Å². The summed E-state index contributed by atoms with van der Waals surface area (Å²) in [4.78, 5) is 30.0. The molecule has 0 N–H and O–H groups in total. The number of carbonyl (C=O) groups is 2. The van der Waals surface area contributed by atoms with Crippen LogP contribution < -0.4 is 9.47 Å². The SMILES string of the molecule is CC(C)c1cc(C(=O)OCC(=O)c2ccc3c(c2)OCO3)c2cnn(C(C)C)c2n1. The second-order valence-electron chi connectivity index (χ2n) is 7.74. The smallest absolute Gasteiger partial charge is 0.339 e. The molecule has 1 aliphatic heterocycles. The van der Waals surface area contributed by atoms with Crippen LogP contribution in [0.15, 0.2) is 30.5 Å². The highest BCUT2D eigenvalue weighted by Gasteiger charge is 2.22. The minimum Gasteiger partial charge on any atom is -0.454 e. The van der Waals surface area contributed by atoms with E-state index in [1.54, 1.807) is 35.1 Å². The van der Waals surface area contributed by atoms with Gasteiger partial charge in [0.1, 0.15) is 0 Å². The van der Waals surface area contributed by atoms with Crippen LogP contribution in [-0.2, 0) is 4.74 Å². The molecule has 156 valence electrons. The summed E-state index contributed by atoms with van der Waals surface area (Å²) < 4.78 is 17.7.